The van der Waals surface area contributed by atoms with Gasteiger partial charge in [0, 0.05) is 9.65 Å². The van der Waals surface area contributed by atoms with Gasteiger partial charge in [-0.1, -0.05) is 44.0 Å². The number of alkyl halides is 2. The summed E-state index contributed by atoms with van der Waals surface area (Å²) in [4.78, 5) is 40.4. The van der Waals surface area contributed by atoms with Crippen LogP contribution in [0.2, 0.25) is 0 Å². The van der Waals surface area contributed by atoms with Crippen molar-refractivity contribution in [2.45, 2.75) is 16.1 Å². The number of carbonyl (C=O) groups is 3. The number of amides is 2. The van der Waals surface area contributed by atoms with Crippen LogP contribution in [0, 0.1) is 23.7 Å². The maximum Gasteiger partial charge on any atom is 0.347 e. The molecule has 0 aromatic heterocycles. The number of fused-ring (bicyclic) bond motifs is 5. The molecule has 0 radical (unpaired) electrons. The average molecular weight is 549 g/mol. The summed E-state index contributed by atoms with van der Waals surface area (Å²) >= 11 is 7.39. The molecule has 3 fully saturated rings. The highest BCUT2D eigenvalue weighted by Crippen LogP contribution is 2.60. The third-order valence-corrected chi connectivity index (χ3v) is 9.83. The summed E-state index contributed by atoms with van der Waals surface area (Å²) in [5.41, 5.74) is 0.814. The van der Waals surface area contributed by atoms with Crippen LogP contribution in [0.1, 0.15) is 16.8 Å². The highest BCUT2D eigenvalue weighted by Gasteiger charge is 2.66. The number of hydrogen-bond donors (Lipinski definition) is 0. The van der Waals surface area contributed by atoms with Crippen molar-refractivity contribution >= 4 is 55.3 Å². The number of ether oxygens (including phenoxy) is 2. The van der Waals surface area contributed by atoms with Gasteiger partial charge in [0.25, 0.3) is 0 Å². The number of halogens is 2. The zero-order valence-corrected chi connectivity index (χ0v) is 19.7. The van der Waals surface area contributed by atoms with E-state index in [1.165, 1.54) is 12.0 Å². The van der Waals surface area contributed by atoms with E-state index in [0.29, 0.717) is 22.7 Å². The van der Waals surface area contributed by atoms with Gasteiger partial charge in [-0.25, -0.2) is 4.79 Å². The molecule has 8 heteroatoms. The summed E-state index contributed by atoms with van der Waals surface area (Å²) in [5, 5.41) is 0. The van der Waals surface area contributed by atoms with Crippen molar-refractivity contribution in [1.82, 2.24) is 0 Å². The smallest absolute Gasteiger partial charge is 0.347 e. The van der Waals surface area contributed by atoms with Crippen molar-refractivity contribution in [3.8, 4) is 11.5 Å². The van der Waals surface area contributed by atoms with Crippen molar-refractivity contribution in [2.75, 3.05) is 12.0 Å². The van der Waals surface area contributed by atoms with Crippen LogP contribution in [-0.2, 0) is 9.59 Å². The number of carbonyl (C=O) groups excluding carboxylic acids is 3. The fraction of sp³-hybridized carbons (Fsp3) is 0.348. The maximum absolute atomic E-state index is 13.1. The third-order valence-electron chi connectivity index (χ3n) is 6.62. The molecule has 1 heterocycles. The first-order chi connectivity index (χ1) is 14.9. The zero-order valence-electron chi connectivity index (χ0n) is 16.5. The largest absolute Gasteiger partial charge is 0.496 e. The summed E-state index contributed by atoms with van der Waals surface area (Å²) in [7, 11) is 1.49. The average Bonchev–Trinajstić information content (AvgIpc) is 3.39. The van der Waals surface area contributed by atoms with E-state index in [1.807, 2.05) is 0 Å². The van der Waals surface area contributed by atoms with Gasteiger partial charge in [-0.15, -0.1) is 0 Å². The Labute approximate surface area is 196 Å². The molecular weight excluding hydrogens is 530 g/mol. The lowest BCUT2D eigenvalue weighted by Gasteiger charge is -2.28. The number of esters is 1. The minimum atomic E-state index is -0.545. The maximum atomic E-state index is 13.1. The fourth-order valence-electron chi connectivity index (χ4n) is 5.24. The number of benzene rings is 2. The molecule has 6 atom stereocenters. The second kappa shape index (κ2) is 7.74. The van der Waals surface area contributed by atoms with Gasteiger partial charge >= 0.3 is 5.97 Å². The van der Waals surface area contributed by atoms with E-state index >= 15 is 0 Å². The van der Waals surface area contributed by atoms with Crippen LogP contribution in [0.5, 0.6) is 11.5 Å². The van der Waals surface area contributed by atoms with Crippen LogP contribution in [0.3, 0.4) is 0 Å². The van der Waals surface area contributed by atoms with Gasteiger partial charge < -0.3 is 9.47 Å². The molecule has 3 aliphatic rings. The lowest BCUT2D eigenvalue weighted by Crippen LogP contribution is -2.37. The fourth-order valence-corrected chi connectivity index (χ4v) is 7.12. The van der Waals surface area contributed by atoms with E-state index in [-0.39, 0.29) is 45.1 Å². The summed E-state index contributed by atoms with van der Waals surface area (Å²) in [5.74, 6) is -0.262. The summed E-state index contributed by atoms with van der Waals surface area (Å²) in [6.45, 7) is 0. The van der Waals surface area contributed by atoms with E-state index in [9.17, 15) is 14.4 Å². The predicted molar refractivity (Wildman–Crippen MR) is 121 cm³/mol. The Kier molecular flexibility index (Phi) is 5.17. The summed E-state index contributed by atoms with van der Waals surface area (Å²) in [6.07, 6.45) is 0.893. The second-order valence-electron chi connectivity index (χ2n) is 8.10. The number of imide groups is 1. The number of nitrogens with zero attached hydrogens (tertiary/aromatic N) is 1. The quantitative estimate of drug-likeness (QED) is 0.248. The summed E-state index contributed by atoms with van der Waals surface area (Å²) in [6, 6.07) is 13.3. The molecule has 0 unspecified atom stereocenters. The lowest BCUT2D eigenvalue weighted by molar-refractivity contribution is -0.123. The zero-order chi connectivity index (χ0) is 21.9. The molecule has 0 spiro atoms. The van der Waals surface area contributed by atoms with Gasteiger partial charge in [0.05, 0.1) is 24.6 Å². The Morgan fingerprint density at radius 1 is 0.935 bits per heavy atom. The summed E-state index contributed by atoms with van der Waals surface area (Å²) < 4.78 is 10.6. The molecule has 2 aliphatic carbocycles. The Balaban J connectivity index is 1.35. The number of methoxy groups -OCH3 is 1. The third kappa shape index (κ3) is 3.14. The first-order valence-corrected chi connectivity index (χ1v) is 11.9. The van der Waals surface area contributed by atoms with Crippen LogP contribution < -0.4 is 14.4 Å². The molecule has 5 rings (SSSR count). The van der Waals surface area contributed by atoms with Gasteiger partial charge in [-0.2, -0.15) is 0 Å². The van der Waals surface area contributed by atoms with E-state index in [4.69, 9.17) is 9.47 Å². The van der Waals surface area contributed by atoms with Crippen LogP contribution in [0.4, 0.5) is 5.69 Å². The predicted octanol–water partition coefficient (Wildman–Crippen LogP) is 4.20. The number of rotatable bonds is 4. The highest BCUT2D eigenvalue weighted by molar-refractivity contribution is 9.12. The first kappa shape index (κ1) is 20.7. The van der Waals surface area contributed by atoms with Crippen molar-refractivity contribution in [1.29, 1.82) is 0 Å². The standard InChI is InChI=1S/C23H19Br2NO5/c1-30-16-5-3-2-4-13(16)23(29)31-12-8-6-11(7-9-12)26-21(27)17-14-10-15(18(17)22(26)28)20(25)19(14)24/h2-9,14-15,17-20H,10H2,1H3/t14-,15-,17-,18+,19-,20+/m1/s1. The van der Waals surface area contributed by atoms with Gasteiger partial charge in [-0.3, -0.25) is 14.5 Å². The Hall–Kier alpha value is -2.19. The molecule has 160 valence electrons. The van der Waals surface area contributed by atoms with Gasteiger partial charge in [0.1, 0.15) is 17.1 Å². The molecule has 6 nitrogen and oxygen atoms in total. The molecule has 2 amide bonds. The van der Waals surface area contributed by atoms with Gasteiger partial charge in [-0.05, 0) is 54.7 Å². The molecule has 2 bridgehead atoms. The number of hydrogen-bond acceptors (Lipinski definition) is 5. The van der Waals surface area contributed by atoms with Gasteiger partial charge in [0.2, 0.25) is 11.8 Å². The lowest BCUT2D eigenvalue weighted by atomic mass is 9.81. The molecule has 2 saturated carbocycles. The molecule has 0 N–H and O–H groups in total. The second-order valence-corrected chi connectivity index (χ2v) is 10.2. The minimum Gasteiger partial charge on any atom is -0.496 e. The normalized spacial score (nSPS) is 31.1. The topological polar surface area (TPSA) is 72.9 Å². The SMILES string of the molecule is COc1ccccc1C(=O)Oc1ccc(N2C(=O)[C@@H]3[C@H]4C[C@@H]([C@H](Br)[C@@H]4Br)[C@@H]3C2=O)cc1. The van der Waals surface area contributed by atoms with Crippen molar-refractivity contribution < 1.29 is 23.9 Å². The molecule has 1 aliphatic heterocycles. The highest BCUT2D eigenvalue weighted by atomic mass is 79.9. The van der Waals surface area contributed by atoms with E-state index < -0.39 is 5.97 Å². The van der Waals surface area contributed by atoms with Crippen molar-refractivity contribution in [3.63, 3.8) is 0 Å². The van der Waals surface area contributed by atoms with E-state index in [1.54, 1.807) is 48.5 Å². The van der Waals surface area contributed by atoms with Crippen LogP contribution in [-0.4, -0.2) is 34.5 Å². The molecule has 2 aromatic carbocycles. The Morgan fingerprint density at radius 3 is 2.10 bits per heavy atom. The first-order valence-electron chi connectivity index (χ1n) is 10.0. The molecule has 1 saturated heterocycles. The number of anilines is 1. The minimum absolute atomic E-state index is 0.134. The van der Waals surface area contributed by atoms with E-state index in [0.717, 1.165) is 6.42 Å². The van der Waals surface area contributed by atoms with Crippen LogP contribution in [0.15, 0.2) is 48.5 Å². The molecule has 2 aromatic rings. The molecule has 31 heavy (non-hydrogen) atoms. The Bertz CT molecular complexity index is 1040. The van der Waals surface area contributed by atoms with Gasteiger partial charge in [0.15, 0.2) is 0 Å². The Morgan fingerprint density at radius 2 is 1.52 bits per heavy atom. The molecular formula is C23H19Br2NO5. The van der Waals surface area contributed by atoms with Crippen molar-refractivity contribution in [3.05, 3.63) is 54.1 Å². The van der Waals surface area contributed by atoms with E-state index in [2.05, 4.69) is 31.9 Å². The van der Waals surface area contributed by atoms with Crippen LogP contribution in [0.25, 0.3) is 0 Å². The van der Waals surface area contributed by atoms with Crippen LogP contribution >= 0.6 is 31.9 Å². The number of para-hydroxylation sites is 1. The monoisotopic (exact) mass is 547 g/mol. The van der Waals surface area contributed by atoms with Crippen molar-refractivity contribution in [2.24, 2.45) is 23.7 Å².